The molecule has 0 amide bonds. The monoisotopic (exact) mass is 215 g/mol. The lowest BCUT2D eigenvalue weighted by atomic mass is 9.96. The lowest BCUT2D eigenvalue weighted by molar-refractivity contribution is 0.628. The molecule has 82 valence electrons. The van der Waals surface area contributed by atoms with Crippen LogP contribution in [0.4, 0.5) is 10.1 Å². The van der Waals surface area contributed by atoms with Gasteiger partial charge in [0.05, 0.1) is 0 Å². The Hall–Kier alpha value is -1.83. The fourth-order valence-corrected chi connectivity index (χ4v) is 1.87. The number of anilines is 1. The molecule has 0 saturated heterocycles. The van der Waals surface area contributed by atoms with E-state index < -0.39 is 0 Å². The van der Waals surface area contributed by atoms with Crippen molar-refractivity contribution in [1.82, 2.24) is 0 Å². The Balaban J connectivity index is 2.62. The van der Waals surface area contributed by atoms with Gasteiger partial charge in [0, 0.05) is 5.69 Å². The minimum atomic E-state index is -0.211. The van der Waals surface area contributed by atoms with Crippen LogP contribution in [0.25, 0.3) is 11.1 Å². The first kappa shape index (κ1) is 10.7. The summed E-state index contributed by atoms with van der Waals surface area (Å²) in [5, 5.41) is 0. The number of benzene rings is 2. The lowest BCUT2D eigenvalue weighted by Gasteiger charge is -2.10. The van der Waals surface area contributed by atoms with Crippen molar-refractivity contribution in [2.24, 2.45) is 0 Å². The maximum absolute atomic E-state index is 13.2. The molecule has 2 heteroatoms. The Bertz CT molecular complexity index is 532. The summed E-state index contributed by atoms with van der Waals surface area (Å²) in [6.07, 6.45) is 0. The van der Waals surface area contributed by atoms with Gasteiger partial charge in [0.2, 0.25) is 0 Å². The Morgan fingerprint density at radius 3 is 2.31 bits per heavy atom. The molecule has 0 heterocycles. The number of nitrogen functional groups attached to an aromatic ring is 1. The molecule has 16 heavy (non-hydrogen) atoms. The summed E-state index contributed by atoms with van der Waals surface area (Å²) in [4.78, 5) is 0. The normalized spacial score (nSPS) is 10.4. The van der Waals surface area contributed by atoms with E-state index in [0.717, 1.165) is 27.9 Å². The largest absolute Gasteiger partial charge is 0.399 e. The van der Waals surface area contributed by atoms with Gasteiger partial charge in [-0.3, -0.25) is 0 Å². The topological polar surface area (TPSA) is 26.0 Å². The second-order valence-electron chi connectivity index (χ2n) is 4.03. The molecule has 2 aromatic rings. The van der Waals surface area contributed by atoms with Gasteiger partial charge in [-0.2, -0.15) is 0 Å². The average Bonchev–Trinajstić information content (AvgIpc) is 2.22. The highest BCUT2D eigenvalue weighted by Crippen LogP contribution is 2.28. The molecular formula is C14H14FN. The first-order valence-electron chi connectivity index (χ1n) is 5.20. The number of nitrogens with two attached hydrogens (primary N) is 1. The molecule has 0 unspecified atom stereocenters. The molecule has 0 fully saturated rings. The third-order valence-electron chi connectivity index (χ3n) is 2.74. The maximum Gasteiger partial charge on any atom is 0.123 e. The summed E-state index contributed by atoms with van der Waals surface area (Å²) in [7, 11) is 0. The zero-order chi connectivity index (χ0) is 11.7. The number of hydrogen-bond donors (Lipinski definition) is 1. The molecule has 0 radical (unpaired) electrons. The van der Waals surface area contributed by atoms with E-state index in [1.807, 2.05) is 32.0 Å². The van der Waals surface area contributed by atoms with Gasteiger partial charge in [-0.05, 0) is 60.4 Å². The molecular weight excluding hydrogens is 201 g/mol. The minimum Gasteiger partial charge on any atom is -0.399 e. The van der Waals surface area contributed by atoms with Crippen LogP contribution in [0.1, 0.15) is 11.1 Å². The van der Waals surface area contributed by atoms with Crippen molar-refractivity contribution in [3.05, 3.63) is 53.3 Å². The van der Waals surface area contributed by atoms with E-state index in [4.69, 9.17) is 5.73 Å². The van der Waals surface area contributed by atoms with Crippen LogP contribution in [0.3, 0.4) is 0 Å². The zero-order valence-electron chi connectivity index (χ0n) is 9.42. The molecule has 0 aliphatic carbocycles. The summed E-state index contributed by atoms with van der Waals surface area (Å²) in [5.41, 5.74) is 10.5. The van der Waals surface area contributed by atoms with Gasteiger partial charge in [-0.25, -0.2) is 4.39 Å². The van der Waals surface area contributed by atoms with E-state index in [0.29, 0.717) is 0 Å². The smallest absolute Gasteiger partial charge is 0.123 e. The van der Waals surface area contributed by atoms with E-state index in [2.05, 4.69) is 0 Å². The highest BCUT2D eigenvalue weighted by molar-refractivity contribution is 5.72. The standard InChI is InChI=1S/C14H14FN/c1-9-3-4-11(15)8-14(9)13-6-5-12(16)7-10(13)2/h3-8H,16H2,1-2H3. The molecule has 0 bridgehead atoms. The molecule has 2 rings (SSSR count). The lowest BCUT2D eigenvalue weighted by Crippen LogP contribution is -1.91. The first-order chi connectivity index (χ1) is 7.58. The summed E-state index contributed by atoms with van der Waals surface area (Å²) >= 11 is 0. The molecule has 0 spiro atoms. The van der Waals surface area contributed by atoms with Crippen molar-refractivity contribution >= 4 is 5.69 Å². The second kappa shape index (κ2) is 3.97. The second-order valence-corrected chi connectivity index (χ2v) is 4.03. The van der Waals surface area contributed by atoms with Crippen molar-refractivity contribution in [3.63, 3.8) is 0 Å². The van der Waals surface area contributed by atoms with Crippen molar-refractivity contribution in [1.29, 1.82) is 0 Å². The van der Waals surface area contributed by atoms with Gasteiger partial charge in [0.15, 0.2) is 0 Å². The van der Waals surface area contributed by atoms with Gasteiger partial charge in [0.1, 0.15) is 5.82 Å². The van der Waals surface area contributed by atoms with Gasteiger partial charge in [-0.15, -0.1) is 0 Å². The molecule has 0 aliphatic rings. The molecule has 1 nitrogen and oxygen atoms in total. The number of aryl methyl sites for hydroxylation is 2. The van der Waals surface area contributed by atoms with E-state index in [-0.39, 0.29) is 5.82 Å². The van der Waals surface area contributed by atoms with Crippen molar-refractivity contribution in [2.75, 3.05) is 5.73 Å². The Morgan fingerprint density at radius 2 is 1.62 bits per heavy atom. The molecule has 0 aromatic heterocycles. The highest BCUT2D eigenvalue weighted by Gasteiger charge is 2.06. The molecule has 2 aromatic carbocycles. The number of hydrogen-bond acceptors (Lipinski definition) is 1. The van der Waals surface area contributed by atoms with Gasteiger partial charge in [0.25, 0.3) is 0 Å². The van der Waals surface area contributed by atoms with Crippen molar-refractivity contribution < 1.29 is 4.39 Å². The Labute approximate surface area is 94.7 Å². The van der Waals surface area contributed by atoms with Crippen LogP contribution in [0, 0.1) is 19.7 Å². The van der Waals surface area contributed by atoms with Crippen LogP contribution < -0.4 is 5.73 Å². The molecule has 0 aliphatic heterocycles. The van der Waals surface area contributed by atoms with Gasteiger partial charge >= 0.3 is 0 Å². The van der Waals surface area contributed by atoms with Gasteiger partial charge in [-0.1, -0.05) is 12.1 Å². The third kappa shape index (κ3) is 1.91. The maximum atomic E-state index is 13.2. The summed E-state index contributed by atoms with van der Waals surface area (Å²) in [5.74, 6) is -0.211. The average molecular weight is 215 g/mol. The number of halogens is 1. The van der Waals surface area contributed by atoms with Crippen molar-refractivity contribution in [3.8, 4) is 11.1 Å². The van der Waals surface area contributed by atoms with Crippen LogP contribution in [0.15, 0.2) is 36.4 Å². The Morgan fingerprint density at radius 1 is 0.875 bits per heavy atom. The van der Waals surface area contributed by atoms with Gasteiger partial charge < -0.3 is 5.73 Å². The zero-order valence-corrected chi connectivity index (χ0v) is 9.42. The minimum absolute atomic E-state index is 0.211. The fourth-order valence-electron chi connectivity index (χ4n) is 1.87. The number of rotatable bonds is 1. The summed E-state index contributed by atoms with van der Waals surface area (Å²) < 4.78 is 13.2. The van der Waals surface area contributed by atoms with E-state index in [9.17, 15) is 4.39 Å². The SMILES string of the molecule is Cc1cc(N)ccc1-c1cc(F)ccc1C. The van der Waals surface area contributed by atoms with Crippen molar-refractivity contribution in [2.45, 2.75) is 13.8 Å². The molecule has 0 atom stereocenters. The predicted octanol–water partition coefficient (Wildman–Crippen LogP) is 3.69. The Kier molecular flexibility index (Phi) is 2.65. The summed E-state index contributed by atoms with van der Waals surface area (Å²) in [6.45, 7) is 3.96. The first-order valence-corrected chi connectivity index (χ1v) is 5.20. The quantitative estimate of drug-likeness (QED) is 0.721. The fraction of sp³-hybridized carbons (Fsp3) is 0.143. The van der Waals surface area contributed by atoms with Crippen LogP contribution >= 0.6 is 0 Å². The van der Waals surface area contributed by atoms with Crippen LogP contribution in [-0.4, -0.2) is 0 Å². The summed E-state index contributed by atoms with van der Waals surface area (Å²) in [6, 6.07) is 10.5. The van der Waals surface area contributed by atoms with E-state index in [1.165, 1.54) is 6.07 Å². The molecule has 2 N–H and O–H groups in total. The highest BCUT2D eigenvalue weighted by atomic mass is 19.1. The van der Waals surface area contributed by atoms with E-state index >= 15 is 0 Å². The third-order valence-corrected chi connectivity index (χ3v) is 2.74. The molecule has 0 saturated carbocycles. The van der Waals surface area contributed by atoms with Crippen LogP contribution in [0.5, 0.6) is 0 Å². The van der Waals surface area contributed by atoms with Crippen LogP contribution in [0.2, 0.25) is 0 Å². The van der Waals surface area contributed by atoms with Crippen LogP contribution in [-0.2, 0) is 0 Å². The predicted molar refractivity (Wildman–Crippen MR) is 65.7 cm³/mol. The van der Waals surface area contributed by atoms with E-state index in [1.54, 1.807) is 12.1 Å².